The Labute approximate surface area is 271 Å². The van der Waals surface area contributed by atoms with E-state index in [1.165, 1.54) is 70.6 Å². The number of hydrogen-bond acceptors (Lipinski definition) is 6. The fraction of sp³-hybridized carbons (Fsp3) is 0.829. The van der Waals surface area contributed by atoms with Gasteiger partial charge in [-0.05, 0) is 32.6 Å². The van der Waals surface area contributed by atoms with Gasteiger partial charge in [0.1, 0.15) is 23.7 Å². The number of carbonyl (C=O) groups is 6. The number of carboxylic acids is 2. The largest absolute Gasteiger partial charge is 0.480 e. The van der Waals surface area contributed by atoms with Crippen LogP contribution in [0.2, 0.25) is 0 Å². The third-order valence-electron chi connectivity index (χ3n) is 8.11. The van der Waals surface area contributed by atoms with Gasteiger partial charge >= 0.3 is 11.9 Å². The number of unbranched alkanes of at least 4 members (excludes halogenated alkanes) is 15. The minimum absolute atomic E-state index is 0.00162. The molecule has 0 aromatic rings. The van der Waals surface area contributed by atoms with Crippen molar-refractivity contribution < 1.29 is 39.0 Å². The second kappa shape index (κ2) is 25.4. The first-order valence-electron chi connectivity index (χ1n) is 17.3. The molecule has 0 radical (unpaired) electrons. The molecule has 0 saturated heterocycles. The van der Waals surface area contributed by atoms with E-state index in [2.05, 4.69) is 10.6 Å². The van der Waals surface area contributed by atoms with Gasteiger partial charge in [-0.25, -0.2) is 9.59 Å². The van der Waals surface area contributed by atoms with Crippen molar-refractivity contribution in [3.63, 3.8) is 0 Å². The number of amides is 2. The van der Waals surface area contributed by atoms with Crippen LogP contribution in [0.1, 0.15) is 169 Å². The third-order valence-corrected chi connectivity index (χ3v) is 8.11. The molecule has 0 heterocycles. The topological polar surface area (TPSA) is 167 Å². The molecular weight excluding hydrogens is 576 g/mol. The fourth-order valence-corrected chi connectivity index (χ4v) is 5.11. The molecule has 2 amide bonds. The van der Waals surface area contributed by atoms with Crippen LogP contribution < -0.4 is 10.6 Å². The quantitative estimate of drug-likeness (QED) is 0.0641. The molecule has 0 aliphatic carbocycles. The highest BCUT2D eigenvalue weighted by Gasteiger charge is 2.27. The smallest absolute Gasteiger partial charge is 0.326 e. The van der Waals surface area contributed by atoms with Gasteiger partial charge in [-0.15, -0.1) is 0 Å². The van der Waals surface area contributed by atoms with Crippen LogP contribution in [-0.4, -0.2) is 57.6 Å². The summed E-state index contributed by atoms with van der Waals surface area (Å²) < 4.78 is 0. The van der Waals surface area contributed by atoms with Crippen LogP contribution in [0.25, 0.3) is 0 Å². The summed E-state index contributed by atoms with van der Waals surface area (Å²) in [4.78, 5) is 70.7. The predicted octanol–water partition coefficient (Wildman–Crippen LogP) is 6.91. The summed E-state index contributed by atoms with van der Waals surface area (Å²) in [5.41, 5.74) is -0.611. The number of carboxylic acid groups (broad SMARTS) is 2. The van der Waals surface area contributed by atoms with E-state index in [1.54, 1.807) is 27.7 Å². The number of ketones is 2. The maximum Gasteiger partial charge on any atom is 0.326 e. The molecule has 0 unspecified atom stereocenters. The lowest BCUT2D eigenvalue weighted by molar-refractivity contribution is -0.143. The normalized spacial score (nSPS) is 12.7. The number of nitrogens with one attached hydrogen (secondary N) is 2. The molecule has 45 heavy (non-hydrogen) atoms. The summed E-state index contributed by atoms with van der Waals surface area (Å²) in [5.74, 6) is -3.35. The summed E-state index contributed by atoms with van der Waals surface area (Å²) in [6, 6.07) is -2.49. The van der Waals surface area contributed by atoms with Gasteiger partial charge in [-0.1, -0.05) is 111 Å². The van der Waals surface area contributed by atoms with Gasteiger partial charge in [-0.3, -0.25) is 14.4 Å². The molecule has 0 fully saturated rings. The van der Waals surface area contributed by atoms with Gasteiger partial charge in [-0.2, -0.15) is 0 Å². The van der Waals surface area contributed by atoms with Crippen LogP contribution in [0.3, 0.4) is 0 Å². The Morgan fingerprint density at radius 2 is 0.800 bits per heavy atom. The standard InChI is InChI=1S/C35H62N2O8/c1-27(38)21-19-17-15-13-11-9-7-5-6-8-10-12-14-16-18-20-22-31(40)36-29(34(44)45)24-26-32(41)37-28(33(42)43)23-25-30(39)35(2,3)4/h28-29H,5-26H2,1-4H3,(H,36,40)(H,37,41)(H,42,43)(H,44,45)/t28-,29-/m0/s1. The Hall–Kier alpha value is -2.78. The molecule has 0 aliphatic rings. The van der Waals surface area contributed by atoms with E-state index in [0.29, 0.717) is 12.2 Å². The molecular formula is C35H62N2O8. The Kier molecular flexibility index (Phi) is 23.8. The van der Waals surface area contributed by atoms with E-state index in [-0.39, 0.29) is 43.8 Å². The molecule has 4 N–H and O–H groups in total. The Morgan fingerprint density at radius 1 is 0.489 bits per heavy atom. The predicted molar refractivity (Wildman–Crippen MR) is 176 cm³/mol. The maximum atomic E-state index is 12.3. The molecule has 0 rings (SSSR count). The maximum absolute atomic E-state index is 12.3. The third kappa shape index (κ3) is 25.1. The van der Waals surface area contributed by atoms with Crippen molar-refractivity contribution in [3.05, 3.63) is 0 Å². The zero-order chi connectivity index (χ0) is 34.1. The van der Waals surface area contributed by atoms with E-state index in [0.717, 1.165) is 32.1 Å². The average Bonchev–Trinajstić information content (AvgIpc) is 2.95. The van der Waals surface area contributed by atoms with Crippen molar-refractivity contribution in [1.29, 1.82) is 0 Å². The molecule has 260 valence electrons. The van der Waals surface area contributed by atoms with Crippen LogP contribution >= 0.6 is 0 Å². The van der Waals surface area contributed by atoms with Crippen molar-refractivity contribution in [2.75, 3.05) is 0 Å². The summed E-state index contributed by atoms with van der Waals surface area (Å²) in [6.07, 6.45) is 19.1. The van der Waals surface area contributed by atoms with Crippen LogP contribution in [0.5, 0.6) is 0 Å². The summed E-state index contributed by atoms with van der Waals surface area (Å²) in [7, 11) is 0. The SMILES string of the molecule is CC(=O)CCCCCCCCCCCCCCCCCCC(=O)N[C@@H](CCC(=O)N[C@@H](CCC(=O)C(C)(C)C)C(=O)O)C(=O)O. The highest BCUT2D eigenvalue weighted by atomic mass is 16.4. The van der Waals surface area contributed by atoms with E-state index in [9.17, 15) is 39.0 Å². The van der Waals surface area contributed by atoms with Crippen LogP contribution in [0.4, 0.5) is 0 Å². The van der Waals surface area contributed by atoms with Crippen LogP contribution in [0, 0.1) is 5.41 Å². The number of carbonyl (C=O) groups excluding carboxylic acids is 4. The first kappa shape index (κ1) is 42.2. The van der Waals surface area contributed by atoms with E-state index >= 15 is 0 Å². The Balaban J connectivity index is 3.94. The van der Waals surface area contributed by atoms with Gasteiger partial charge in [0, 0.05) is 31.1 Å². The van der Waals surface area contributed by atoms with Crippen LogP contribution in [0.15, 0.2) is 0 Å². The van der Waals surface area contributed by atoms with Gasteiger partial charge in [0.15, 0.2) is 0 Å². The number of aliphatic carboxylic acids is 2. The van der Waals surface area contributed by atoms with Crippen molar-refractivity contribution in [2.24, 2.45) is 5.41 Å². The summed E-state index contributed by atoms with van der Waals surface area (Å²) in [6.45, 7) is 6.87. The van der Waals surface area contributed by atoms with Gasteiger partial charge in [0.2, 0.25) is 11.8 Å². The number of rotatable bonds is 29. The molecule has 0 aromatic carbocycles. The first-order chi connectivity index (χ1) is 21.2. The molecule has 2 atom stereocenters. The summed E-state index contributed by atoms with van der Waals surface area (Å²) in [5, 5.41) is 23.7. The highest BCUT2D eigenvalue weighted by molar-refractivity contribution is 5.87. The fourth-order valence-electron chi connectivity index (χ4n) is 5.11. The van der Waals surface area contributed by atoms with E-state index < -0.39 is 35.3 Å². The second-order valence-electron chi connectivity index (χ2n) is 13.5. The zero-order valence-electron chi connectivity index (χ0n) is 28.6. The van der Waals surface area contributed by atoms with E-state index in [4.69, 9.17) is 0 Å². The van der Waals surface area contributed by atoms with Gasteiger partial charge < -0.3 is 25.6 Å². The minimum Gasteiger partial charge on any atom is -0.480 e. The average molecular weight is 639 g/mol. The zero-order valence-corrected chi connectivity index (χ0v) is 28.6. The van der Waals surface area contributed by atoms with Gasteiger partial charge in [0.25, 0.3) is 0 Å². The van der Waals surface area contributed by atoms with Crippen molar-refractivity contribution in [1.82, 2.24) is 10.6 Å². The molecule has 10 nitrogen and oxygen atoms in total. The lowest BCUT2D eigenvalue weighted by atomic mass is 9.87. The molecule has 0 bridgehead atoms. The van der Waals surface area contributed by atoms with Crippen molar-refractivity contribution in [2.45, 2.75) is 181 Å². The van der Waals surface area contributed by atoms with Crippen LogP contribution in [-0.2, 0) is 28.8 Å². The molecule has 10 heteroatoms. The second-order valence-corrected chi connectivity index (χ2v) is 13.5. The van der Waals surface area contributed by atoms with E-state index in [1.807, 2.05) is 0 Å². The molecule has 0 aromatic heterocycles. The monoisotopic (exact) mass is 638 g/mol. The Bertz CT molecular complexity index is 897. The van der Waals surface area contributed by atoms with Crippen molar-refractivity contribution >= 4 is 35.3 Å². The molecule has 0 saturated carbocycles. The summed E-state index contributed by atoms with van der Waals surface area (Å²) >= 11 is 0. The number of hydrogen-bond donors (Lipinski definition) is 4. The lowest BCUT2D eigenvalue weighted by Gasteiger charge is -2.19. The molecule has 0 aliphatic heterocycles. The highest BCUT2D eigenvalue weighted by Crippen LogP contribution is 2.19. The van der Waals surface area contributed by atoms with Crippen molar-refractivity contribution in [3.8, 4) is 0 Å². The molecule has 0 spiro atoms. The minimum atomic E-state index is -1.26. The number of Topliss-reactive ketones (excluding diaryl/α,β-unsaturated/α-hetero) is 2. The van der Waals surface area contributed by atoms with Gasteiger partial charge in [0.05, 0.1) is 0 Å². The Morgan fingerprint density at radius 3 is 1.13 bits per heavy atom. The lowest BCUT2D eigenvalue weighted by Crippen LogP contribution is -2.44. The first-order valence-corrected chi connectivity index (χ1v) is 17.3.